The second kappa shape index (κ2) is 10.2. The van der Waals surface area contributed by atoms with E-state index in [2.05, 4.69) is 21.9 Å². The Balaban J connectivity index is 1.70. The van der Waals surface area contributed by atoms with Crippen LogP contribution in [0.1, 0.15) is 19.8 Å². The number of rotatable bonds is 11. The number of unbranched alkanes of at least 4 members (excludes halogenated alkanes) is 1. The molecule has 0 unspecified atom stereocenters. The minimum Gasteiger partial charge on any atom is -0.494 e. The van der Waals surface area contributed by atoms with Gasteiger partial charge in [0.25, 0.3) is 0 Å². The van der Waals surface area contributed by atoms with Gasteiger partial charge in [-0.05, 0) is 30.7 Å². The monoisotopic (exact) mass is 453 g/mol. The minimum atomic E-state index is -4.19. The van der Waals surface area contributed by atoms with Crippen LogP contribution in [-0.2, 0) is 15.8 Å². The molecule has 1 aromatic carbocycles. The number of aromatic nitrogens is 4. The fourth-order valence-electron chi connectivity index (χ4n) is 2.57. The Hall–Kier alpha value is -2.17. The first kappa shape index (κ1) is 22.5. The normalized spacial score (nSPS) is 11.8. The van der Waals surface area contributed by atoms with Gasteiger partial charge in [-0.3, -0.25) is 4.57 Å². The van der Waals surface area contributed by atoms with Crippen molar-refractivity contribution in [3.05, 3.63) is 30.6 Å². The zero-order chi connectivity index (χ0) is 21.6. The number of hydrogen-bond acceptors (Lipinski definition) is 8. The van der Waals surface area contributed by atoms with Gasteiger partial charge in [-0.25, -0.2) is 9.97 Å². The summed E-state index contributed by atoms with van der Waals surface area (Å²) in [6.45, 7) is 3.23. The Morgan fingerprint density at radius 1 is 1.20 bits per heavy atom. The van der Waals surface area contributed by atoms with Crippen molar-refractivity contribution in [1.29, 1.82) is 0 Å². The highest BCUT2D eigenvalue weighted by Gasteiger charge is 2.15. The Morgan fingerprint density at radius 3 is 2.67 bits per heavy atom. The molecule has 3 aromatic rings. The second-order valence-corrected chi connectivity index (χ2v) is 9.12. The molecule has 30 heavy (non-hydrogen) atoms. The van der Waals surface area contributed by atoms with Crippen molar-refractivity contribution in [2.24, 2.45) is 0 Å². The molecule has 0 saturated carbocycles. The average Bonchev–Trinajstić information content (AvgIpc) is 3.09. The van der Waals surface area contributed by atoms with Crippen LogP contribution in [-0.4, -0.2) is 48.9 Å². The molecule has 0 aliphatic carbocycles. The molecule has 12 heteroatoms. The van der Waals surface area contributed by atoms with Crippen LogP contribution in [0.5, 0.6) is 5.75 Å². The van der Waals surface area contributed by atoms with Crippen LogP contribution >= 0.6 is 19.4 Å². The molecule has 0 atom stereocenters. The van der Waals surface area contributed by atoms with E-state index in [1.165, 1.54) is 11.8 Å². The third-order valence-corrected chi connectivity index (χ3v) is 5.49. The van der Waals surface area contributed by atoms with Crippen molar-refractivity contribution in [1.82, 2.24) is 19.5 Å². The minimum absolute atomic E-state index is 0.0996. The zero-order valence-electron chi connectivity index (χ0n) is 16.5. The van der Waals surface area contributed by atoms with E-state index < -0.39 is 13.9 Å². The molecule has 2 heterocycles. The maximum Gasteiger partial charge on any atom is 0.350 e. The van der Waals surface area contributed by atoms with Gasteiger partial charge in [0.15, 0.2) is 5.65 Å². The average molecular weight is 453 g/mol. The van der Waals surface area contributed by atoms with Crippen molar-refractivity contribution < 1.29 is 23.8 Å². The second-order valence-electron chi connectivity index (χ2n) is 6.47. The zero-order valence-corrected chi connectivity index (χ0v) is 18.2. The number of nitrogens with zero attached hydrogens (tertiary/aromatic N) is 4. The molecule has 0 aliphatic heterocycles. The summed E-state index contributed by atoms with van der Waals surface area (Å²) in [5, 5.41) is 0.618. The van der Waals surface area contributed by atoms with Crippen LogP contribution in [0.15, 0.2) is 40.5 Å². The lowest BCUT2D eigenvalue weighted by molar-refractivity contribution is 0.149. The van der Waals surface area contributed by atoms with Gasteiger partial charge in [0.1, 0.15) is 22.6 Å². The van der Waals surface area contributed by atoms with Crippen molar-refractivity contribution in [2.45, 2.75) is 36.2 Å². The standard InChI is InChI=1S/C18H24N5O5PS/c1-2-3-9-28-13-4-6-14(7-5-13)30-17-15-16(21-18(19)22-17)23(11-20-15)8-10-27-12-29(24,25)26/h4-7,11H,2-3,8-10,12H2,1H3,(H2,19,21,22)(H2,24,25,26). The summed E-state index contributed by atoms with van der Waals surface area (Å²) in [5.41, 5.74) is 7.00. The maximum absolute atomic E-state index is 10.9. The topological polar surface area (TPSA) is 146 Å². The third-order valence-electron chi connectivity index (χ3n) is 3.99. The predicted molar refractivity (Wildman–Crippen MR) is 114 cm³/mol. The number of nitrogen functional groups attached to an aromatic ring is 1. The van der Waals surface area contributed by atoms with Crippen LogP contribution in [0.4, 0.5) is 5.95 Å². The fraction of sp³-hybridized carbons (Fsp3) is 0.389. The van der Waals surface area contributed by atoms with Gasteiger partial charge in [-0.15, -0.1) is 0 Å². The fourth-order valence-corrected chi connectivity index (χ4v) is 3.81. The molecular formula is C18H24N5O5PS. The van der Waals surface area contributed by atoms with E-state index >= 15 is 0 Å². The summed E-state index contributed by atoms with van der Waals surface area (Å²) >= 11 is 1.42. The lowest BCUT2D eigenvalue weighted by Gasteiger charge is -2.08. The highest BCUT2D eigenvalue weighted by Crippen LogP contribution is 2.34. The van der Waals surface area contributed by atoms with Crippen LogP contribution in [0.2, 0.25) is 0 Å². The van der Waals surface area contributed by atoms with Crippen molar-refractivity contribution in [2.75, 3.05) is 25.3 Å². The number of imidazole rings is 1. The van der Waals surface area contributed by atoms with E-state index in [9.17, 15) is 4.57 Å². The Kier molecular flexibility index (Phi) is 7.68. The maximum atomic E-state index is 10.9. The molecule has 0 fully saturated rings. The lowest BCUT2D eigenvalue weighted by Crippen LogP contribution is -2.07. The van der Waals surface area contributed by atoms with Crippen molar-refractivity contribution >= 4 is 36.5 Å². The lowest BCUT2D eigenvalue weighted by atomic mass is 10.3. The van der Waals surface area contributed by atoms with E-state index in [-0.39, 0.29) is 12.6 Å². The first-order valence-electron chi connectivity index (χ1n) is 9.37. The number of hydrogen-bond donors (Lipinski definition) is 3. The molecule has 162 valence electrons. The molecular weight excluding hydrogens is 429 g/mol. The molecule has 0 spiro atoms. The molecule has 0 aliphatic rings. The summed E-state index contributed by atoms with van der Waals surface area (Å²) in [5.74, 6) is 0.933. The van der Waals surface area contributed by atoms with Gasteiger partial charge < -0.3 is 29.6 Å². The molecule has 0 saturated heterocycles. The van der Waals surface area contributed by atoms with E-state index in [1.54, 1.807) is 10.9 Å². The Labute approximate surface area is 178 Å². The van der Waals surface area contributed by atoms with E-state index in [0.717, 1.165) is 23.5 Å². The molecule has 4 N–H and O–H groups in total. The summed E-state index contributed by atoms with van der Waals surface area (Å²) < 4.78 is 23.3. The highest BCUT2D eigenvalue weighted by atomic mass is 32.2. The summed E-state index contributed by atoms with van der Waals surface area (Å²) in [6.07, 6.45) is 3.05. The van der Waals surface area contributed by atoms with Crippen LogP contribution in [0.25, 0.3) is 11.2 Å². The number of benzene rings is 1. The van der Waals surface area contributed by atoms with E-state index in [1.807, 2.05) is 24.3 Å². The van der Waals surface area contributed by atoms with Crippen LogP contribution < -0.4 is 10.5 Å². The van der Waals surface area contributed by atoms with Crippen LogP contribution in [0, 0.1) is 0 Å². The van der Waals surface area contributed by atoms with Crippen molar-refractivity contribution in [3.8, 4) is 5.75 Å². The predicted octanol–water partition coefficient (Wildman–Crippen LogP) is 2.89. The van der Waals surface area contributed by atoms with Gasteiger partial charge in [-0.2, -0.15) is 4.98 Å². The van der Waals surface area contributed by atoms with Crippen molar-refractivity contribution in [3.63, 3.8) is 0 Å². The van der Waals surface area contributed by atoms with E-state index in [0.29, 0.717) is 29.3 Å². The highest BCUT2D eigenvalue weighted by molar-refractivity contribution is 7.99. The number of anilines is 1. The van der Waals surface area contributed by atoms with Crippen LogP contribution in [0.3, 0.4) is 0 Å². The first-order chi connectivity index (χ1) is 14.4. The summed E-state index contributed by atoms with van der Waals surface area (Å²) in [7, 11) is -4.19. The van der Waals surface area contributed by atoms with E-state index in [4.69, 9.17) is 25.0 Å². The molecule has 2 aromatic heterocycles. The van der Waals surface area contributed by atoms with Gasteiger partial charge in [-0.1, -0.05) is 25.1 Å². The Bertz CT molecular complexity index is 1020. The molecule has 3 rings (SSSR count). The smallest absolute Gasteiger partial charge is 0.350 e. The largest absolute Gasteiger partial charge is 0.494 e. The quantitative estimate of drug-likeness (QED) is 0.225. The molecule has 0 bridgehead atoms. The molecule has 10 nitrogen and oxygen atoms in total. The number of nitrogens with two attached hydrogens (primary N) is 1. The summed E-state index contributed by atoms with van der Waals surface area (Å²) in [4.78, 5) is 31.6. The third kappa shape index (κ3) is 6.41. The first-order valence-corrected chi connectivity index (χ1v) is 12.0. The molecule has 0 radical (unpaired) electrons. The molecule has 0 amide bonds. The Morgan fingerprint density at radius 2 is 1.97 bits per heavy atom. The van der Waals surface area contributed by atoms with Gasteiger partial charge in [0.05, 0.1) is 19.5 Å². The van der Waals surface area contributed by atoms with Gasteiger partial charge >= 0.3 is 7.60 Å². The number of ether oxygens (including phenoxy) is 2. The number of fused-ring (bicyclic) bond motifs is 1. The SMILES string of the molecule is CCCCOc1ccc(Sc2nc(N)nc3c2ncn3CCOCP(=O)(O)O)cc1. The van der Waals surface area contributed by atoms with Gasteiger partial charge in [0.2, 0.25) is 5.95 Å². The summed E-state index contributed by atoms with van der Waals surface area (Å²) in [6, 6.07) is 7.72. The van der Waals surface area contributed by atoms with Gasteiger partial charge in [0, 0.05) is 11.4 Å².